The molecule has 1 aliphatic rings. The fourth-order valence-electron chi connectivity index (χ4n) is 3.17. The molecule has 0 saturated heterocycles. The molecule has 6 nitrogen and oxygen atoms in total. The number of rotatable bonds is 6. The van der Waals surface area contributed by atoms with Gasteiger partial charge in [0, 0.05) is 24.2 Å². The molecule has 1 atom stereocenters. The van der Waals surface area contributed by atoms with Crippen molar-refractivity contribution in [2.24, 2.45) is 0 Å². The highest BCUT2D eigenvalue weighted by atomic mass is 79.9. The Morgan fingerprint density at radius 1 is 1.18 bits per heavy atom. The molecule has 1 amide bonds. The van der Waals surface area contributed by atoms with Crippen LogP contribution in [0.2, 0.25) is 0 Å². The molecular weight excluding hydrogens is 426 g/mol. The number of ketones is 1. The predicted octanol–water partition coefficient (Wildman–Crippen LogP) is 3.68. The Kier molecular flexibility index (Phi) is 5.84. The van der Waals surface area contributed by atoms with Gasteiger partial charge in [0.15, 0.2) is 5.60 Å². The molecule has 28 heavy (non-hydrogen) atoms. The van der Waals surface area contributed by atoms with Crippen LogP contribution in [0.3, 0.4) is 0 Å². The Balaban J connectivity index is 2.01. The number of Topliss-reactive ketones (excluding diaryl/α,β-unsaturated/α-hetero) is 1. The second-order valence-corrected chi connectivity index (χ2v) is 7.38. The zero-order chi connectivity index (χ0) is 20.3. The third kappa shape index (κ3) is 3.80. The predicted molar refractivity (Wildman–Crippen MR) is 107 cm³/mol. The first-order chi connectivity index (χ1) is 13.4. The number of amides is 1. The number of esters is 1. The third-order valence-electron chi connectivity index (χ3n) is 4.49. The van der Waals surface area contributed by atoms with Crippen molar-refractivity contribution in [3.63, 3.8) is 0 Å². The Hall–Kier alpha value is -2.67. The van der Waals surface area contributed by atoms with Crippen molar-refractivity contribution >= 4 is 44.4 Å². The van der Waals surface area contributed by atoms with E-state index in [-0.39, 0.29) is 24.0 Å². The first-order valence-corrected chi connectivity index (χ1v) is 9.99. The van der Waals surface area contributed by atoms with Crippen LogP contribution < -0.4 is 5.32 Å². The number of fused-ring (bicyclic) bond motifs is 1. The van der Waals surface area contributed by atoms with E-state index in [1.54, 1.807) is 13.0 Å². The number of ether oxygens (including phenoxy) is 2. The van der Waals surface area contributed by atoms with Crippen molar-refractivity contribution in [1.29, 1.82) is 0 Å². The number of halogens is 1. The van der Waals surface area contributed by atoms with Crippen LogP contribution in [0.5, 0.6) is 0 Å². The normalized spacial score (nSPS) is 18.9. The summed E-state index contributed by atoms with van der Waals surface area (Å²) in [7, 11) is 0. The highest BCUT2D eigenvalue weighted by molar-refractivity contribution is 9.09. The van der Waals surface area contributed by atoms with Crippen LogP contribution in [-0.4, -0.2) is 23.0 Å². The minimum Gasteiger partial charge on any atom is -0.456 e. The molecular formula is C21H20BrNO5. The van der Waals surface area contributed by atoms with E-state index in [1.807, 2.05) is 36.4 Å². The van der Waals surface area contributed by atoms with E-state index in [9.17, 15) is 14.4 Å². The van der Waals surface area contributed by atoms with Gasteiger partial charge >= 0.3 is 5.97 Å². The number of carbonyl (C=O) groups excluding carboxylic acids is 3. The van der Waals surface area contributed by atoms with Gasteiger partial charge in [-0.05, 0) is 24.1 Å². The fourth-order valence-corrected chi connectivity index (χ4v) is 3.45. The van der Waals surface area contributed by atoms with Gasteiger partial charge in [-0.3, -0.25) is 19.7 Å². The zero-order valence-electron chi connectivity index (χ0n) is 15.6. The van der Waals surface area contributed by atoms with Gasteiger partial charge in [-0.1, -0.05) is 58.4 Å². The van der Waals surface area contributed by atoms with Crippen molar-refractivity contribution in [2.75, 3.05) is 5.33 Å². The van der Waals surface area contributed by atoms with Crippen LogP contribution in [0.25, 0.3) is 10.8 Å². The van der Waals surface area contributed by atoms with E-state index in [2.05, 4.69) is 21.2 Å². The summed E-state index contributed by atoms with van der Waals surface area (Å²) in [6.45, 7) is 2.80. The molecule has 0 aromatic heterocycles. The van der Waals surface area contributed by atoms with E-state index >= 15 is 0 Å². The maximum atomic E-state index is 13.2. The average molecular weight is 446 g/mol. The topological polar surface area (TPSA) is 81.7 Å². The molecule has 1 aliphatic heterocycles. The number of alkyl halides is 1. The molecule has 1 unspecified atom stereocenters. The van der Waals surface area contributed by atoms with Gasteiger partial charge in [0.1, 0.15) is 0 Å². The number of hydrogen-bond acceptors (Lipinski definition) is 5. The van der Waals surface area contributed by atoms with E-state index in [0.717, 1.165) is 10.8 Å². The summed E-state index contributed by atoms with van der Waals surface area (Å²) in [6.07, 6.45) is 0.862. The lowest BCUT2D eigenvalue weighted by atomic mass is 9.87. The molecule has 0 radical (unpaired) electrons. The summed E-state index contributed by atoms with van der Waals surface area (Å²) in [5, 5.41) is 5.03. The molecule has 2 aromatic carbocycles. The molecule has 146 valence electrons. The van der Waals surface area contributed by atoms with E-state index < -0.39 is 17.4 Å². The minimum absolute atomic E-state index is 0.129. The molecule has 1 heterocycles. The van der Waals surface area contributed by atoms with Gasteiger partial charge in [0.05, 0.1) is 0 Å². The number of nitrogens with one attached hydrogen (secondary N) is 1. The second kappa shape index (κ2) is 8.14. The Labute approximate surface area is 171 Å². The quantitative estimate of drug-likeness (QED) is 0.541. The Morgan fingerprint density at radius 2 is 1.89 bits per heavy atom. The third-order valence-corrected chi connectivity index (χ3v) is 5.05. The van der Waals surface area contributed by atoms with Crippen LogP contribution in [0, 0.1) is 0 Å². The largest absolute Gasteiger partial charge is 0.456 e. The van der Waals surface area contributed by atoms with Crippen LogP contribution in [0.1, 0.15) is 32.3 Å². The number of benzene rings is 2. The zero-order valence-corrected chi connectivity index (χ0v) is 17.2. The van der Waals surface area contributed by atoms with Crippen molar-refractivity contribution in [3.8, 4) is 0 Å². The van der Waals surface area contributed by atoms with Crippen molar-refractivity contribution in [3.05, 3.63) is 59.7 Å². The van der Waals surface area contributed by atoms with Gasteiger partial charge in [-0.25, -0.2) is 0 Å². The van der Waals surface area contributed by atoms with Gasteiger partial charge < -0.3 is 9.47 Å². The molecule has 0 aliphatic carbocycles. The van der Waals surface area contributed by atoms with Gasteiger partial charge in [-0.2, -0.15) is 0 Å². The molecule has 2 aromatic rings. The molecule has 7 heteroatoms. The Morgan fingerprint density at radius 3 is 2.61 bits per heavy atom. The first-order valence-electron chi connectivity index (χ1n) is 8.87. The Bertz CT molecular complexity index is 978. The summed E-state index contributed by atoms with van der Waals surface area (Å²) in [6, 6.07) is 13.2. The molecule has 0 fully saturated rings. The van der Waals surface area contributed by atoms with E-state index in [1.165, 1.54) is 6.92 Å². The monoisotopic (exact) mass is 445 g/mol. The highest BCUT2D eigenvalue weighted by Gasteiger charge is 2.50. The minimum atomic E-state index is -1.43. The molecule has 1 N–H and O–H groups in total. The van der Waals surface area contributed by atoms with E-state index in [4.69, 9.17) is 9.47 Å². The summed E-state index contributed by atoms with van der Waals surface area (Å²) in [5.74, 6) is -1.92. The fraction of sp³-hybridized carbons (Fsp3) is 0.286. The first kappa shape index (κ1) is 20.1. The number of carbonyl (C=O) groups is 3. The lowest BCUT2D eigenvalue weighted by Crippen LogP contribution is -2.32. The van der Waals surface area contributed by atoms with Crippen molar-refractivity contribution in [1.82, 2.24) is 5.32 Å². The molecule has 0 bridgehead atoms. The van der Waals surface area contributed by atoms with Crippen LogP contribution >= 0.6 is 15.9 Å². The van der Waals surface area contributed by atoms with Gasteiger partial charge in [0.25, 0.3) is 5.78 Å². The summed E-state index contributed by atoms with van der Waals surface area (Å²) in [5.41, 5.74) is -0.797. The molecule has 0 saturated carbocycles. The van der Waals surface area contributed by atoms with Crippen molar-refractivity contribution in [2.45, 2.75) is 32.3 Å². The lowest BCUT2D eigenvalue weighted by Gasteiger charge is -2.25. The van der Waals surface area contributed by atoms with Gasteiger partial charge in [-0.15, -0.1) is 0 Å². The lowest BCUT2D eigenvalue weighted by molar-refractivity contribution is -0.142. The maximum Gasteiger partial charge on any atom is 0.308 e. The van der Waals surface area contributed by atoms with E-state index in [0.29, 0.717) is 17.3 Å². The molecule has 0 spiro atoms. The summed E-state index contributed by atoms with van der Waals surface area (Å²) >= 11 is 3.27. The van der Waals surface area contributed by atoms with Crippen LogP contribution in [0.15, 0.2) is 54.1 Å². The smallest absolute Gasteiger partial charge is 0.308 e. The highest BCUT2D eigenvalue weighted by Crippen LogP contribution is 2.41. The summed E-state index contributed by atoms with van der Waals surface area (Å²) in [4.78, 5) is 36.9. The number of hydrogen-bond donors (Lipinski definition) is 1. The SMILES string of the molecule is CC(=O)OC1=C(NC(=O)CCCBr)OC(C)(c2cccc3ccccc23)C1=O. The summed E-state index contributed by atoms with van der Waals surface area (Å²) < 4.78 is 11.0. The van der Waals surface area contributed by atoms with Crippen molar-refractivity contribution < 1.29 is 23.9 Å². The second-order valence-electron chi connectivity index (χ2n) is 6.58. The van der Waals surface area contributed by atoms with Gasteiger partial charge in [0.2, 0.25) is 17.5 Å². The molecule has 3 rings (SSSR count). The maximum absolute atomic E-state index is 13.2. The standard InChI is InChI=1S/C21H20BrNO5/c1-13(24)27-18-19(26)21(2,28-20(18)23-17(25)11-6-12-22)16-10-5-8-14-7-3-4-9-15(14)16/h3-5,7-10H,6,11-12H2,1-2H3,(H,23,25). The van der Waals surface area contributed by atoms with Crippen LogP contribution in [0.4, 0.5) is 0 Å². The average Bonchev–Trinajstić information content (AvgIpc) is 2.90. The van der Waals surface area contributed by atoms with Crippen LogP contribution in [-0.2, 0) is 29.5 Å².